The first-order chi connectivity index (χ1) is 8.74. The number of carbonyl (C=O) groups excluding carboxylic acids is 2. The average molecular weight is 270 g/mol. The van der Waals surface area contributed by atoms with Crippen LogP contribution in [0.25, 0.3) is 0 Å². The van der Waals surface area contributed by atoms with E-state index in [4.69, 9.17) is 4.74 Å². The van der Waals surface area contributed by atoms with E-state index in [1.807, 2.05) is 34.6 Å². The molecule has 1 saturated heterocycles. The molecule has 1 fully saturated rings. The lowest BCUT2D eigenvalue weighted by molar-refractivity contribution is -0.126. The first kappa shape index (κ1) is 15.8. The molecule has 0 spiro atoms. The Bertz CT molecular complexity index is 336. The molecule has 1 N–H and O–H groups in total. The van der Waals surface area contributed by atoms with Gasteiger partial charge in [-0.1, -0.05) is 6.92 Å². The molecular formula is C14H26N2O3. The number of carbonyl (C=O) groups is 2. The van der Waals surface area contributed by atoms with Crippen LogP contribution in [-0.2, 0) is 9.53 Å². The maximum Gasteiger partial charge on any atom is 0.410 e. The second-order valence-corrected chi connectivity index (χ2v) is 6.15. The van der Waals surface area contributed by atoms with Gasteiger partial charge in [0.05, 0.1) is 0 Å². The Morgan fingerprint density at radius 3 is 2.58 bits per heavy atom. The number of likely N-dealkylation sites (tertiary alicyclic amines) is 1. The summed E-state index contributed by atoms with van der Waals surface area (Å²) in [6.07, 6.45) is 2.04. The fourth-order valence-electron chi connectivity index (χ4n) is 2.02. The molecule has 5 heteroatoms. The van der Waals surface area contributed by atoms with E-state index in [9.17, 15) is 9.59 Å². The van der Waals surface area contributed by atoms with E-state index in [1.54, 1.807) is 4.90 Å². The Morgan fingerprint density at radius 2 is 2.05 bits per heavy atom. The quantitative estimate of drug-likeness (QED) is 0.856. The number of ether oxygens (including phenoxy) is 1. The molecule has 1 heterocycles. The molecule has 110 valence electrons. The fraction of sp³-hybridized carbons (Fsp3) is 0.857. The first-order valence-electron chi connectivity index (χ1n) is 7.04. The Labute approximate surface area is 115 Å². The molecule has 0 aliphatic carbocycles. The van der Waals surface area contributed by atoms with Crippen molar-refractivity contribution < 1.29 is 14.3 Å². The number of nitrogens with zero attached hydrogens (tertiary/aromatic N) is 1. The van der Waals surface area contributed by atoms with Crippen LogP contribution in [0.15, 0.2) is 0 Å². The van der Waals surface area contributed by atoms with Crippen molar-refractivity contribution in [3.8, 4) is 0 Å². The van der Waals surface area contributed by atoms with Crippen LogP contribution in [0.4, 0.5) is 4.79 Å². The van der Waals surface area contributed by atoms with Gasteiger partial charge in [-0.25, -0.2) is 4.79 Å². The molecular weight excluding hydrogens is 244 g/mol. The summed E-state index contributed by atoms with van der Waals surface area (Å²) in [5.74, 6) is -0.0716. The first-order valence-corrected chi connectivity index (χ1v) is 7.04. The van der Waals surface area contributed by atoms with Gasteiger partial charge in [-0.05, 0) is 47.0 Å². The summed E-state index contributed by atoms with van der Waals surface area (Å²) >= 11 is 0. The molecule has 2 atom stereocenters. The number of nitrogens with one attached hydrogen (secondary N) is 1. The minimum atomic E-state index is -0.530. The minimum absolute atomic E-state index is 0.0716. The van der Waals surface area contributed by atoms with E-state index in [2.05, 4.69) is 5.32 Å². The zero-order chi connectivity index (χ0) is 14.6. The van der Waals surface area contributed by atoms with Gasteiger partial charge in [-0.15, -0.1) is 0 Å². The van der Waals surface area contributed by atoms with Gasteiger partial charge in [0.25, 0.3) is 0 Å². The smallest absolute Gasteiger partial charge is 0.410 e. The number of amides is 2. The van der Waals surface area contributed by atoms with E-state index in [1.165, 1.54) is 0 Å². The van der Waals surface area contributed by atoms with E-state index in [0.29, 0.717) is 13.0 Å². The minimum Gasteiger partial charge on any atom is -0.444 e. The zero-order valence-electron chi connectivity index (χ0n) is 12.7. The Kier molecular flexibility index (Phi) is 5.20. The Morgan fingerprint density at radius 1 is 1.42 bits per heavy atom. The SMILES string of the molecule is CCC(C)NC(=O)[C@@H]1CCCN1C(=O)OC(C)(C)C. The lowest BCUT2D eigenvalue weighted by Crippen LogP contribution is -2.49. The molecule has 1 aliphatic rings. The van der Waals surface area contributed by atoms with Crippen molar-refractivity contribution in [2.75, 3.05) is 6.54 Å². The van der Waals surface area contributed by atoms with Crippen molar-refractivity contribution in [3.63, 3.8) is 0 Å². The normalized spacial score (nSPS) is 21.1. The summed E-state index contributed by atoms with van der Waals surface area (Å²) in [5.41, 5.74) is -0.530. The molecule has 0 aromatic rings. The average Bonchev–Trinajstić information content (AvgIpc) is 2.75. The predicted molar refractivity (Wildman–Crippen MR) is 73.9 cm³/mol. The molecule has 5 nitrogen and oxygen atoms in total. The van der Waals surface area contributed by atoms with Crippen LogP contribution in [0, 0.1) is 0 Å². The van der Waals surface area contributed by atoms with Gasteiger partial charge in [-0.2, -0.15) is 0 Å². The van der Waals surface area contributed by atoms with Crippen LogP contribution in [0.2, 0.25) is 0 Å². The van der Waals surface area contributed by atoms with Crippen LogP contribution in [0.5, 0.6) is 0 Å². The Hall–Kier alpha value is -1.26. The standard InChI is InChI=1S/C14H26N2O3/c1-6-10(2)15-12(17)11-8-7-9-16(11)13(18)19-14(3,4)5/h10-11H,6-9H2,1-5H3,(H,15,17)/t10?,11-/m0/s1. The predicted octanol–water partition coefficient (Wildman–Crippen LogP) is 2.30. The molecule has 2 amide bonds. The van der Waals surface area contributed by atoms with Gasteiger partial charge in [0.15, 0.2) is 0 Å². The van der Waals surface area contributed by atoms with E-state index >= 15 is 0 Å². The highest BCUT2D eigenvalue weighted by Crippen LogP contribution is 2.21. The van der Waals surface area contributed by atoms with Gasteiger partial charge in [-0.3, -0.25) is 9.69 Å². The van der Waals surface area contributed by atoms with Crippen molar-refractivity contribution in [2.45, 2.75) is 71.6 Å². The van der Waals surface area contributed by atoms with E-state index in [0.717, 1.165) is 12.8 Å². The van der Waals surface area contributed by atoms with Gasteiger partial charge in [0.1, 0.15) is 11.6 Å². The molecule has 0 aromatic heterocycles. The van der Waals surface area contributed by atoms with Crippen LogP contribution in [0.1, 0.15) is 53.9 Å². The molecule has 1 aliphatic heterocycles. The van der Waals surface area contributed by atoms with Crippen LogP contribution >= 0.6 is 0 Å². The Balaban J connectivity index is 2.63. The molecule has 0 radical (unpaired) electrons. The third-order valence-corrected chi connectivity index (χ3v) is 3.18. The number of hydrogen-bond donors (Lipinski definition) is 1. The van der Waals surface area contributed by atoms with Crippen LogP contribution in [-0.4, -0.2) is 41.1 Å². The molecule has 0 bridgehead atoms. The summed E-state index contributed by atoms with van der Waals surface area (Å²) in [6, 6.07) is -0.252. The third kappa shape index (κ3) is 4.73. The van der Waals surface area contributed by atoms with Crippen molar-refractivity contribution >= 4 is 12.0 Å². The zero-order valence-corrected chi connectivity index (χ0v) is 12.7. The van der Waals surface area contributed by atoms with E-state index < -0.39 is 11.7 Å². The second kappa shape index (κ2) is 6.26. The molecule has 0 aromatic carbocycles. The highest BCUT2D eigenvalue weighted by atomic mass is 16.6. The summed E-state index contributed by atoms with van der Waals surface area (Å²) < 4.78 is 5.34. The summed E-state index contributed by atoms with van der Waals surface area (Å²) in [6.45, 7) is 10.1. The third-order valence-electron chi connectivity index (χ3n) is 3.18. The van der Waals surface area contributed by atoms with Crippen molar-refractivity contribution in [2.24, 2.45) is 0 Å². The number of hydrogen-bond acceptors (Lipinski definition) is 3. The van der Waals surface area contributed by atoms with Gasteiger partial charge in [0.2, 0.25) is 5.91 Å². The highest BCUT2D eigenvalue weighted by Gasteiger charge is 2.36. The maximum absolute atomic E-state index is 12.1. The van der Waals surface area contributed by atoms with Gasteiger partial charge >= 0.3 is 6.09 Å². The lowest BCUT2D eigenvalue weighted by atomic mass is 10.2. The van der Waals surface area contributed by atoms with E-state index in [-0.39, 0.29) is 18.0 Å². The highest BCUT2D eigenvalue weighted by molar-refractivity contribution is 5.86. The fourth-order valence-corrected chi connectivity index (χ4v) is 2.02. The second-order valence-electron chi connectivity index (χ2n) is 6.15. The van der Waals surface area contributed by atoms with Gasteiger partial charge < -0.3 is 10.1 Å². The molecule has 1 unspecified atom stereocenters. The largest absolute Gasteiger partial charge is 0.444 e. The monoisotopic (exact) mass is 270 g/mol. The van der Waals surface area contributed by atoms with Gasteiger partial charge in [0, 0.05) is 12.6 Å². The van der Waals surface area contributed by atoms with Crippen molar-refractivity contribution in [3.05, 3.63) is 0 Å². The van der Waals surface area contributed by atoms with Crippen LogP contribution < -0.4 is 5.32 Å². The summed E-state index contributed by atoms with van der Waals surface area (Å²) in [4.78, 5) is 25.7. The van der Waals surface area contributed by atoms with Crippen molar-refractivity contribution in [1.82, 2.24) is 10.2 Å². The molecule has 1 rings (SSSR count). The van der Waals surface area contributed by atoms with Crippen LogP contribution in [0.3, 0.4) is 0 Å². The summed E-state index contributed by atoms with van der Waals surface area (Å²) in [7, 11) is 0. The molecule has 0 saturated carbocycles. The van der Waals surface area contributed by atoms with Crippen molar-refractivity contribution in [1.29, 1.82) is 0 Å². The molecule has 19 heavy (non-hydrogen) atoms. The summed E-state index contributed by atoms with van der Waals surface area (Å²) in [5, 5.41) is 2.93. The maximum atomic E-state index is 12.1. The lowest BCUT2D eigenvalue weighted by Gasteiger charge is -2.28. The number of rotatable bonds is 3. The topological polar surface area (TPSA) is 58.6 Å².